The number of rotatable bonds is 8. The molecule has 10 nitrogen and oxygen atoms in total. The Hall–Kier alpha value is -6.68. The van der Waals surface area contributed by atoms with Crippen molar-refractivity contribution in [2.24, 2.45) is 0 Å². The molecule has 4 aromatic carbocycles. The maximum atomic E-state index is 14.2. The molecule has 274 valence electrons. The van der Waals surface area contributed by atoms with Crippen LogP contribution in [-0.2, 0) is 19.2 Å². The monoisotopic (exact) mass is 724 g/mol. The first-order chi connectivity index (χ1) is 26.2. The molecule has 0 atom stereocenters. The van der Waals surface area contributed by atoms with Crippen LogP contribution in [0.1, 0.15) is 22.3 Å². The Kier molecular flexibility index (Phi) is 11.5. The van der Waals surface area contributed by atoms with Gasteiger partial charge in [0, 0.05) is 22.3 Å². The molecule has 2 aliphatic heterocycles. The van der Waals surface area contributed by atoms with Crippen LogP contribution in [0.15, 0.2) is 119 Å². The minimum Gasteiger partial charge on any atom is -0.497 e. The van der Waals surface area contributed by atoms with Crippen molar-refractivity contribution in [3.63, 3.8) is 0 Å². The Labute approximate surface area is 314 Å². The van der Waals surface area contributed by atoms with E-state index in [9.17, 15) is 19.2 Å². The number of carbonyl (C=O) groups excluding carboxylic acids is 4. The van der Waals surface area contributed by atoms with Crippen LogP contribution in [0.5, 0.6) is 23.0 Å². The van der Waals surface area contributed by atoms with Gasteiger partial charge in [-0.2, -0.15) is 0 Å². The standard InChI is InChI=1S/C44H40N2O8/c1-51-37-13-5-29(6-14-37)21-33-25-45(26-34(41(33)47)22-30-7-15-38(52-2)16-8-30)43(49)44(50)46-27-35(23-31-9-17-39(53-3)18-10-31)42(48)36(28-46)24-32-11-19-40(54-4)20-12-32/h5-24H,25-28H2,1-4H3/b33-21+,34-22+,35-23+,36-24+. The van der Waals surface area contributed by atoms with Crippen molar-refractivity contribution in [1.29, 1.82) is 0 Å². The maximum Gasteiger partial charge on any atom is 0.312 e. The third kappa shape index (κ3) is 8.67. The lowest BCUT2D eigenvalue weighted by Gasteiger charge is -2.33. The molecule has 2 saturated heterocycles. The molecule has 0 aliphatic carbocycles. The van der Waals surface area contributed by atoms with Crippen molar-refractivity contribution in [3.8, 4) is 23.0 Å². The zero-order valence-electron chi connectivity index (χ0n) is 30.5. The summed E-state index contributed by atoms with van der Waals surface area (Å²) in [5.41, 5.74) is 4.34. The van der Waals surface area contributed by atoms with E-state index in [1.807, 2.05) is 48.5 Å². The molecule has 4 aromatic rings. The summed E-state index contributed by atoms with van der Waals surface area (Å²) in [5.74, 6) is 0.625. The number of methoxy groups -OCH3 is 4. The molecule has 0 spiro atoms. The van der Waals surface area contributed by atoms with E-state index in [2.05, 4.69) is 0 Å². The van der Waals surface area contributed by atoms with E-state index in [-0.39, 0.29) is 37.7 Å². The van der Waals surface area contributed by atoms with Crippen molar-refractivity contribution in [2.45, 2.75) is 0 Å². The van der Waals surface area contributed by atoms with E-state index >= 15 is 0 Å². The predicted octanol–water partition coefficient (Wildman–Crippen LogP) is 6.18. The first-order valence-corrected chi connectivity index (χ1v) is 17.2. The van der Waals surface area contributed by atoms with E-state index < -0.39 is 11.8 Å². The number of ether oxygens (including phenoxy) is 4. The van der Waals surface area contributed by atoms with Gasteiger partial charge in [-0.3, -0.25) is 19.2 Å². The summed E-state index contributed by atoms with van der Waals surface area (Å²) in [6.07, 6.45) is 6.88. The molecule has 54 heavy (non-hydrogen) atoms. The third-order valence-electron chi connectivity index (χ3n) is 9.20. The van der Waals surface area contributed by atoms with Gasteiger partial charge in [0.1, 0.15) is 23.0 Å². The van der Waals surface area contributed by atoms with E-state index in [1.54, 1.807) is 101 Å². The van der Waals surface area contributed by atoms with Gasteiger partial charge in [0.15, 0.2) is 11.6 Å². The Balaban J connectivity index is 1.33. The number of ketones is 2. The van der Waals surface area contributed by atoms with Crippen LogP contribution in [0.3, 0.4) is 0 Å². The number of benzene rings is 4. The Morgan fingerprint density at radius 3 is 0.796 bits per heavy atom. The van der Waals surface area contributed by atoms with Gasteiger partial charge in [-0.05, 0) is 95.1 Å². The van der Waals surface area contributed by atoms with Gasteiger partial charge in [-0.1, -0.05) is 48.5 Å². The zero-order valence-corrected chi connectivity index (χ0v) is 30.5. The van der Waals surface area contributed by atoms with Crippen LogP contribution in [0.4, 0.5) is 0 Å². The SMILES string of the molecule is COc1ccc(/C=C2\CN(C(=O)C(=O)N3C/C(=C\c4ccc(OC)cc4)C(=O)/C(=C/c4ccc(OC)cc4)C3)C/C(=C\c3ccc(OC)cc3)C2=O)cc1. The topological polar surface area (TPSA) is 112 Å². The lowest BCUT2D eigenvalue weighted by atomic mass is 9.93. The second-order valence-corrected chi connectivity index (χ2v) is 12.8. The highest BCUT2D eigenvalue weighted by Crippen LogP contribution is 2.27. The second kappa shape index (κ2) is 16.8. The highest BCUT2D eigenvalue weighted by Gasteiger charge is 2.37. The molecule has 10 heteroatoms. The first kappa shape index (κ1) is 37.1. The number of amides is 2. The van der Waals surface area contributed by atoms with Crippen LogP contribution < -0.4 is 18.9 Å². The first-order valence-electron chi connectivity index (χ1n) is 17.2. The highest BCUT2D eigenvalue weighted by molar-refractivity contribution is 6.36. The predicted molar refractivity (Wildman–Crippen MR) is 207 cm³/mol. The summed E-state index contributed by atoms with van der Waals surface area (Å²) in [4.78, 5) is 58.9. The molecule has 0 saturated carbocycles. The van der Waals surface area contributed by atoms with Crippen molar-refractivity contribution in [3.05, 3.63) is 142 Å². The quantitative estimate of drug-likeness (QED) is 0.157. The average Bonchev–Trinajstić information content (AvgIpc) is 3.21. The number of hydrogen-bond donors (Lipinski definition) is 0. The van der Waals surface area contributed by atoms with Gasteiger partial charge in [-0.25, -0.2) is 0 Å². The fourth-order valence-electron chi connectivity index (χ4n) is 6.24. The fourth-order valence-corrected chi connectivity index (χ4v) is 6.24. The van der Waals surface area contributed by atoms with Gasteiger partial charge in [0.2, 0.25) is 0 Å². The molecule has 0 unspecified atom stereocenters. The lowest BCUT2D eigenvalue weighted by Crippen LogP contribution is -2.52. The molecule has 2 heterocycles. The van der Waals surface area contributed by atoms with Gasteiger partial charge < -0.3 is 28.7 Å². The Bertz CT molecular complexity index is 1870. The van der Waals surface area contributed by atoms with E-state index in [0.29, 0.717) is 45.3 Å². The molecular weight excluding hydrogens is 684 g/mol. The molecule has 0 N–H and O–H groups in total. The summed E-state index contributed by atoms with van der Waals surface area (Å²) < 4.78 is 21.1. The van der Waals surface area contributed by atoms with Gasteiger partial charge >= 0.3 is 11.8 Å². The van der Waals surface area contributed by atoms with E-state index in [4.69, 9.17) is 18.9 Å². The van der Waals surface area contributed by atoms with Crippen LogP contribution in [-0.4, -0.2) is 87.8 Å². The zero-order chi connectivity index (χ0) is 38.2. The smallest absolute Gasteiger partial charge is 0.312 e. The number of carbonyl (C=O) groups is 4. The normalized spacial score (nSPS) is 17.6. The number of likely N-dealkylation sites (tertiary alicyclic amines) is 2. The lowest BCUT2D eigenvalue weighted by molar-refractivity contribution is -0.151. The van der Waals surface area contributed by atoms with Crippen LogP contribution >= 0.6 is 0 Å². The molecule has 6 rings (SSSR count). The van der Waals surface area contributed by atoms with Crippen LogP contribution in [0.25, 0.3) is 24.3 Å². The number of Topliss-reactive ketones (excluding diaryl/α,β-unsaturated/α-hetero) is 2. The van der Waals surface area contributed by atoms with Crippen LogP contribution in [0.2, 0.25) is 0 Å². The Morgan fingerprint density at radius 2 is 0.611 bits per heavy atom. The highest BCUT2D eigenvalue weighted by atomic mass is 16.5. The number of hydrogen-bond acceptors (Lipinski definition) is 8. The minimum atomic E-state index is -0.786. The maximum absolute atomic E-state index is 14.2. The molecular formula is C44H40N2O8. The molecule has 0 aromatic heterocycles. The molecule has 2 aliphatic rings. The van der Waals surface area contributed by atoms with E-state index in [0.717, 1.165) is 22.3 Å². The second-order valence-electron chi connectivity index (χ2n) is 12.8. The molecule has 0 bridgehead atoms. The summed E-state index contributed by atoms with van der Waals surface area (Å²) in [6, 6.07) is 28.8. The van der Waals surface area contributed by atoms with Crippen molar-refractivity contribution in [2.75, 3.05) is 54.6 Å². The molecule has 2 fully saturated rings. The third-order valence-corrected chi connectivity index (χ3v) is 9.20. The van der Waals surface area contributed by atoms with Gasteiger partial charge in [0.05, 0.1) is 54.6 Å². The largest absolute Gasteiger partial charge is 0.497 e. The number of nitrogens with zero attached hydrogens (tertiary/aromatic N) is 2. The summed E-state index contributed by atoms with van der Waals surface area (Å²) in [6.45, 7) is -0.313. The van der Waals surface area contributed by atoms with Gasteiger partial charge in [0.25, 0.3) is 0 Å². The van der Waals surface area contributed by atoms with Gasteiger partial charge in [-0.15, -0.1) is 0 Å². The summed E-state index contributed by atoms with van der Waals surface area (Å²) in [7, 11) is 6.29. The Morgan fingerprint density at radius 1 is 0.407 bits per heavy atom. The van der Waals surface area contributed by atoms with Crippen molar-refractivity contribution in [1.82, 2.24) is 9.80 Å². The summed E-state index contributed by atoms with van der Waals surface area (Å²) >= 11 is 0. The van der Waals surface area contributed by atoms with Crippen molar-refractivity contribution < 1.29 is 38.1 Å². The average molecular weight is 725 g/mol. The fraction of sp³-hybridized carbons (Fsp3) is 0.182. The van der Waals surface area contributed by atoms with E-state index in [1.165, 1.54) is 9.80 Å². The van der Waals surface area contributed by atoms with Crippen molar-refractivity contribution >= 4 is 47.7 Å². The molecule has 2 amide bonds. The van der Waals surface area contributed by atoms with Crippen LogP contribution in [0, 0.1) is 0 Å². The molecule has 0 radical (unpaired) electrons. The summed E-state index contributed by atoms with van der Waals surface area (Å²) in [5, 5.41) is 0. The number of piperidine rings is 2. The minimum absolute atomic E-state index is 0.0781.